The van der Waals surface area contributed by atoms with E-state index in [0.717, 1.165) is 11.3 Å². The van der Waals surface area contributed by atoms with Crippen LogP contribution in [0.1, 0.15) is 40.1 Å². The van der Waals surface area contributed by atoms with E-state index in [1.807, 2.05) is 0 Å². The average molecular weight is 377 g/mol. The predicted molar refractivity (Wildman–Crippen MR) is 97.9 cm³/mol. The number of rotatable bonds is 5. The second-order valence-corrected chi connectivity index (χ2v) is 6.41. The lowest BCUT2D eigenvalue weighted by molar-refractivity contribution is 0.0877. The average Bonchev–Trinajstić information content (AvgIpc) is 3.02. The summed E-state index contributed by atoms with van der Waals surface area (Å²) in [5.41, 5.74) is 12.2. The predicted octanol–water partition coefficient (Wildman–Crippen LogP) is 1.71. The summed E-state index contributed by atoms with van der Waals surface area (Å²) in [6.45, 7) is 3.47. The Labute approximate surface area is 153 Å². The number of carbonyl (C=O) groups is 3. The summed E-state index contributed by atoms with van der Waals surface area (Å²) in [6.07, 6.45) is 0.0972. The Kier molecular flexibility index (Phi) is 6.26. The molecule has 26 heavy (non-hydrogen) atoms. The van der Waals surface area contributed by atoms with E-state index >= 15 is 0 Å². The molecule has 0 aromatic carbocycles. The number of alkyl carbamates (subject to hydrolysis) is 1. The number of imide groups is 1. The number of nitrogens with one attached hydrogen (secondary N) is 2. The molecule has 0 fully saturated rings. The van der Waals surface area contributed by atoms with Crippen LogP contribution in [-0.4, -0.2) is 29.0 Å². The third kappa shape index (κ3) is 4.77. The van der Waals surface area contributed by atoms with Gasteiger partial charge in [0.2, 0.25) is 0 Å². The number of hydrogen-bond acceptors (Lipinski definition) is 8. The Morgan fingerprint density at radius 3 is 2.69 bits per heavy atom. The Hall–Kier alpha value is -2.98. The molecule has 2 aromatic heterocycles. The van der Waals surface area contributed by atoms with E-state index in [0.29, 0.717) is 5.56 Å². The highest BCUT2D eigenvalue weighted by Gasteiger charge is 2.19. The van der Waals surface area contributed by atoms with Crippen molar-refractivity contribution in [2.45, 2.75) is 26.5 Å². The smallest absolute Gasteiger partial charge is 0.414 e. The fourth-order valence-corrected chi connectivity index (χ4v) is 2.75. The van der Waals surface area contributed by atoms with Crippen LogP contribution in [0.4, 0.5) is 15.6 Å². The van der Waals surface area contributed by atoms with Gasteiger partial charge in [0.05, 0.1) is 17.2 Å². The van der Waals surface area contributed by atoms with Gasteiger partial charge in [0.15, 0.2) is 0 Å². The van der Waals surface area contributed by atoms with Gasteiger partial charge in [-0.05, 0) is 31.4 Å². The normalized spacial score (nSPS) is 10.5. The fraction of sp³-hybridized carbons (Fsp3) is 0.250. The maximum atomic E-state index is 12.4. The molecule has 0 saturated heterocycles. The van der Waals surface area contributed by atoms with Crippen LogP contribution in [-0.2, 0) is 11.3 Å². The molecular formula is C16H19N5O4S. The van der Waals surface area contributed by atoms with E-state index in [2.05, 4.69) is 15.6 Å². The molecule has 2 aromatic rings. The SMILES string of the molecule is CC(C)OC(=O)NC(=O)c1ccsc1NC(=O)c1cnc(N)c(CN)c1. The van der Waals surface area contributed by atoms with Crippen LogP contribution in [0, 0.1) is 0 Å². The summed E-state index contributed by atoms with van der Waals surface area (Å²) in [5.74, 6) is -0.900. The van der Waals surface area contributed by atoms with Crippen LogP contribution in [0.2, 0.25) is 0 Å². The number of hydrogen-bond donors (Lipinski definition) is 4. The van der Waals surface area contributed by atoms with Crippen molar-refractivity contribution >= 4 is 40.1 Å². The second-order valence-electron chi connectivity index (χ2n) is 5.50. The third-order valence-electron chi connectivity index (χ3n) is 3.18. The number of aromatic nitrogens is 1. The van der Waals surface area contributed by atoms with Gasteiger partial charge in [-0.2, -0.15) is 0 Å². The van der Waals surface area contributed by atoms with Crippen molar-refractivity contribution in [1.82, 2.24) is 10.3 Å². The van der Waals surface area contributed by atoms with Gasteiger partial charge in [-0.3, -0.25) is 14.9 Å². The summed E-state index contributed by atoms with van der Waals surface area (Å²) in [7, 11) is 0. The molecule has 9 nitrogen and oxygen atoms in total. The summed E-state index contributed by atoms with van der Waals surface area (Å²) in [4.78, 5) is 40.0. The van der Waals surface area contributed by atoms with Gasteiger partial charge < -0.3 is 21.5 Å². The van der Waals surface area contributed by atoms with Gasteiger partial charge in [0.1, 0.15) is 10.8 Å². The number of ether oxygens (including phenoxy) is 1. The quantitative estimate of drug-likeness (QED) is 0.619. The molecule has 2 rings (SSSR count). The lowest BCUT2D eigenvalue weighted by Crippen LogP contribution is -2.32. The second kappa shape index (κ2) is 8.41. The highest BCUT2D eigenvalue weighted by atomic mass is 32.1. The zero-order valence-corrected chi connectivity index (χ0v) is 15.1. The highest BCUT2D eigenvalue weighted by molar-refractivity contribution is 7.14. The monoisotopic (exact) mass is 377 g/mol. The summed E-state index contributed by atoms with van der Waals surface area (Å²) in [6, 6.07) is 3.02. The van der Waals surface area contributed by atoms with E-state index in [4.69, 9.17) is 16.2 Å². The topological polar surface area (TPSA) is 149 Å². The number of nitrogens with zero attached hydrogens (tertiary/aromatic N) is 1. The van der Waals surface area contributed by atoms with E-state index in [1.54, 1.807) is 19.2 Å². The summed E-state index contributed by atoms with van der Waals surface area (Å²) >= 11 is 1.14. The Morgan fingerprint density at radius 2 is 2.04 bits per heavy atom. The molecule has 0 aliphatic heterocycles. The van der Waals surface area contributed by atoms with Crippen LogP contribution in [0.15, 0.2) is 23.7 Å². The van der Waals surface area contributed by atoms with Crippen LogP contribution in [0.25, 0.3) is 0 Å². The van der Waals surface area contributed by atoms with Gasteiger partial charge in [-0.1, -0.05) is 0 Å². The molecule has 138 valence electrons. The zero-order chi connectivity index (χ0) is 19.3. The van der Waals surface area contributed by atoms with Gasteiger partial charge >= 0.3 is 6.09 Å². The molecule has 0 unspecified atom stereocenters. The van der Waals surface area contributed by atoms with Crippen LogP contribution < -0.4 is 22.1 Å². The molecular weight excluding hydrogens is 358 g/mol. The van der Waals surface area contributed by atoms with Crippen LogP contribution in [0.5, 0.6) is 0 Å². The van der Waals surface area contributed by atoms with Crippen molar-refractivity contribution in [1.29, 1.82) is 0 Å². The minimum atomic E-state index is -0.858. The maximum Gasteiger partial charge on any atom is 0.414 e. The number of nitrogen functional groups attached to an aromatic ring is 1. The van der Waals surface area contributed by atoms with Crippen molar-refractivity contribution in [2.24, 2.45) is 5.73 Å². The molecule has 0 radical (unpaired) electrons. The minimum absolute atomic E-state index is 0.143. The summed E-state index contributed by atoms with van der Waals surface area (Å²) < 4.78 is 4.86. The minimum Gasteiger partial charge on any atom is -0.447 e. The third-order valence-corrected chi connectivity index (χ3v) is 4.01. The van der Waals surface area contributed by atoms with Crippen molar-refractivity contribution in [3.05, 3.63) is 40.4 Å². The van der Waals surface area contributed by atoms with Crippen molar-refractivity contribution in [2.75, 3.05) is 11.1 Å². The van der Waals surface area contributed by atoms with E-state index in [-0.39, 0.29) is 34.6 Å². The molecule has 0 atom stereocenters. The van der Waals surface area contributed by atoms with Crippen LogP contribution in [0.3, 0.4) is 0 Å². The van der Waals surface area contributed by atoms with E-state index in [1.165, 1.54) is 18.3 Å². The zero-order valence-electron chi connectivity index (χ0n) is 14.2. The molecule has 2 heterocycles. The molecule has 0 aliphatic carbocycles. The van der Waals surface area contributed by atoms with Gasteiger partial charge in [-0.15, -0.1) is 11.3 Å². The molecule has 10 heteroatoms. The number of amides is 3. The lowest BCUT2D eigenvalue weighted by atomic mass is 10.1. The number of anilines is 2. The van der Waals surface area contributed by atoms with Gasteiger partial charge in [0, 0.05) is 18.3 Å². The van der Waals surface area contributed by atoms with Gasteiger partial charge in [-0.25, -0.2) is 9.78 Å². The highest BCUT2D eigenvalue weighted by Crippen LogP contribution is 2.24. The first-order chi connectivity index (χ1) is 12.3. The number of pyridine rings is 1. The first-order valence-electron chi connectivity index (χ1n) is 7.67. The van der Waals surface area contributed by atoms with Crippen LogP contribution >= 0.6 is 11.3 Å². The summed E-state index contributed by atoms with van der Waals surface area (Å²) in [5, 5.41) is 6.62. The largest absolute Gasteiger partial charge is 0.447 e. The Bertz CT molecular complexity index is 834. The van der Waals surface area contributed by atoms with Gasteiger partial charge in [0.25, 0.3) is 11.8 Å². The van der Waals surface area contributed by atoms with Crippen molar-refractivity contribution in [3.8, 4) is 0 Å². The molecule has 0 spiro atoms. The standard InChI is InChI=1S/C16H19N5O4S/c1-8(2)25-16(24)21-14(23)11-3-4-26-15(11)20-13(22)10-5-9(6-17)12(18)19-7-10/h3-5,7-8H,6,17H2,1-2H3,(H2,18,19)(H,20,22)(H,21,23,24). The van der Waals surface area contributed by atoms with Crippen molar-refractivity contribution < 1.29 is 19.1 Å². The number of nitrogens with two attached hydrogens (primary N) is 2. The van der Waals surface area contributed by atoms with E-state index in [9.17, 15) is 14.4 Å². The molecule has 0 saturated carbocycles. The first kappa shape index (κ1) is 19.3. The molecule has 0 aliphatic rings. The number of thiophene rings is 1. The fourth-order valence-electron chi connectivity index (χ4n) is 1.97. The number of carbonyl (C=O) groups excluding carboxylic acids is 3. The first-order valence-corrected chi connectivity index (χ1v) is 8.55. The molecule has 3 amide bonds. The molecule has 0 bridgehead atoms. The Balaban J connectivity index is 2.12. The maximum absolute atomic E-state index is 12.4. The Morgan fingerprint density at radius 1 is 1.31 bits per heavy atom. The van der Waals surface area contributed by atoms with E-state index < -0.39 is 17.9 Å². The lowest BCUT2D eigenvalue weighted by Gasteiger charge is -2.10. The van der Waals surface area contributed by atoms with Crippen molar-refractivity contribution in [3.63, 3.8) is 0 Å². The molecule has 6 N–H and O–H groups in total.